The van der Waals surface area contributed by atoms with Crippen LogP contribution in [0.4, 0.5) is 0 Å². The summed E-state index contributed by atoms with van der Waals surface area (Å²) in [6.07, 6.45) is 1.54. The molecule has 1 aromatic carbocycles. The number of esters is 1. The third kappa shape index (κ3) is 2.07. The number of carbonyl (C=O) groups excluding carboxylic acids is 1. The van der Waals surface area contributed by atoms with E-state index >= 15 is 0 Å². The van der Waals surface area contributed by atoms with E-state index in [2.05, 4.69) is 4.98 Å². The summed E-state index contributed by atoms with van der Waals surface area (Å²) in [5, 5.41) is 0.274. The van der Waals surface area contributed by atoms with Gasteiger partial charge in [-0.3, -0.25) is 9.20 Å². The van der Waals surface area contributed by atoms with Crippen LogP contribution in [0.2, 0.25) is 5.15 Å². The van der Waals surface area contributed by atoms with E-state index in [9.17, 15) is 9.59 Å². The van der Waals surface area contributed by atoms with Crippen LogP contribution in [0.3, 0.4) is 0 Å². The van der Waals surface area contributed by atoms with Crippen molar-refractivity contribution in [2.45, 2.75) is 6.92 Å². The van der Waals surface area contributed by atoms with Crippen molar-refractivity contribution in [3.05, 3.63) is 57.5 Å². The second kappa shape index (κ2) is 5.60. The highest BCUT2D eigenvalue weighted by atomic mass is 35.5. The summed E-state index contributed by atoms with van der Waals surface area (Å²) in [4.78, 5) is 29.6. The van der Waals surface area contributed by atoms with Crippen LogP contribution < -0.4 is 5.43 Å². The molecular weight excluding hydrogens is 342 g/mol. The molecule has 0 saturated heterocycles. The summed E-state index contributed by atoms with van der Waals surface area (Å²) in [5.41, 5.74) is 2.30. The number of nitrogens with zero attached hydrogens (tertiary/aromatic N) is 3. The number of rotatable bonds is 2. The number of pyridine rings is 2. The molecule has 3 heterocycles. The van der Waals surface area contributed by atoms with Crippen molar-refractivity contribution in [3.63, 3.8) is 0 Å². The Balaban J connectivity index is 2.38. The zero-order valence-corrected chi connectivity index (χ0v) is 14.4. The molecule has 4 rings (SSSR count). The lowest BCUT2D eigenvalue weighted by Crippen LogP contribution is -2.21. The number of aryl methyl sites for hydroxylation is 1. The minimum absolute atomic E-state index is 0.0389. The lowest BCUT2D eigenvalue weighted by atomic mass is 10.1. The van der Waals surface area contributed by atoms with Crippen molar-refractivity contribution in [3.8, 4) is 0 Å². The molecular formula is C18H14ClN3O3. The molecule has 6 nitrogen and oxygen atoms in total. The number of hydrogen-bond acceptors (Lipinski definition) is 4. The van der Waals surface area contributed by atoms with Crippen molar-refractivity contribution >= 4 is 45.2 Å². The van der Waals surface area contributed by atoms with Crippen molar-refractivity contribution in [2.75, 3.05) is 6.61 Å². The van der Waals surface area contributed by atoms with Crippen LogP contribution in [0.5, 0.6) is 0 Å². The third-order valence-electron chi connectivity index (χ3n) is 4.29. The molecule has 25 heavy (non-hydrogen) atoms. The zero-order chi connectivity index (χ0) is 17.7. The molecule has 0 fully saturated rings. The molecule has 3 aromatic heterocycles. The van der Waals surface area contributed by atoms with Gasteiger partial charge in [0.25, 0.3) is 0 Å². The fourth-order valence-electron chi connectivity index (χ4n) is 3.28. The number of carbonyl (C=O) groups is 1. The van der Waals surface area contributed by atoms with Crippen LogP contribution in [0.1, 0.15) is 17.3 Å². The minimum Gasteiger partial charge on any atom is -0.462 e. The van der Waals surface area contributed by atoms with E-state index in [1.807, 2.05) is 40.3 Å². The maximum absolute atomic E-state index is 13.1. The second-order valence-corrected chi connectivity index (χ2v) is 5.99. The lowest BCUT2D eigenvalue weighted by Gasteiger charge is -2.10. The minimum atomic E-state index is -0.669. The Morgan fingerprint density at radius 2 is 1.92 bits per heavy atom. The largest absolute Gasteiger partial charge is 0.462 e. The fraction of sp³-hybridized carbons (Fsp3) is 0.167. The summed E-state index contributed by atoms with van der Waals surface area (Å²) in [7, 11) is 1.81. The van der Waals surface area contributed by atoms with E-state index in [1.165, 1.54) is 0 Å². The Bertz CT molecular complexity index is 1220. The van der Waals surface area contributed by atoms with E-state index in [0.29, 0.717) is 11.2 Å². The van der Waals surface area contributed by atoms with Crippen molar-refractivity contribution < 1.29 is 9.53 Å². The normalized spacial score (nSPS) is 11.5. The van der Waals surface area contributed by atoms with Gasteiger partial charge in [-0.15, -0.1) is 0 Å². The highest BCUT2D eigenvalue weighted by Gasteiger charge is 2.25. The van der Waals surface area contributed by atoms with Gasteiger partial charge >= 0.3 is 5.97 Å². The van der Waals surface area contributed by atoms with Crippen LogP contribution in [-0.4, -0.2) is 26.5 Å². The summed E-state index contributed by atoms with van der Waals surface area (Å²) in [5.74, 6) is -0.669. The van der Waals surface area contributed by atoms with Crippen LogP contribution in [-0.2, 0) is 11.8 Å². The number of imidazole rings is 1. The first-order chi connectivity index (χ1) is 12.1. The molecule has 0 aliphatic rings. The molecule has 4 aromatic rings. The maximum atomic E-state index is 13.1. The molecule has 0 amide bonds. The molecule has 126 valence electrons. The number of hydrogen-bond donors (Lipinski definition) is 0. The molecule has 0 atom stereocenters. The van der Waals surface area contributed by atoms with Gasteiger partial charge in [-0.05, 0) is 25.1 Å². The van der Waals surface area contributed by atoms with Crippen LogP contribution in [0, 0.1) is 0 Å². The highest BCUT2D eigenvalue weighted by molar-refractivity contribution is 6.34. The summed E-state index contributed by atoms with van der Waals surface area (Å²) in [6, 6.07) is 9.38. The van der Waals surface area contributed by atoms with Crippen LogP contribution >= 0.6 is 11.6 Å². The molecule has 0 unspecified atom stereocenters. The zero-order valence-electron chi connectivity index (χ0n) is 13.6. The molecule has 0 N–H and O–H groups in total. The van der Waals surface area contributed by atoms with Gasteiger partial charge in [-0.1, -0.05) is 23.7 Å². The smallest absolute Gasteiger partial charge is 0.345 e. The Morgan fingerprint density at radius 3 is 2.64 bits per heavy atom. The van der Waals surface area contributed by atoms with E-state index < -0.39 is 11.4 Å². The SMILES string of the molecule is CCOC(=O)c1c(=O)c2c(Cl)nccc2n2c3ccccc3n(C)c12. The molecule has 0 aliphatic carbocycles. The molecule has 0 saturated carbocycles. The van der Waals surface area contributed by atoms with Gasteiger partial charge in [0.05, 0.1) is 28.5 Å². The van der Waals surface area contributed by atoms with Crippen molar-refractivity contribution in [1.82, 2.24) is 14.0 Å². The maximum Gasteiger partial charge on any atom is 0.345 e. The van der Waals surface area contributed by atoms with Gasteiger partial charge in [0.15, 0.2) is 0 Å². The summed E-state index contributed by atoms with van der Waals surface area (Å²) in [6.45, 7) is 1.87. The molecule has 0 radical (unpaired) electrons. The first-order valence-electron chi connectivity index (χ1n) is 7.79. The van der Waals surface area contributed by atoms with Gasteiger partial charge < -0.3 is 9.30 Å². The highest BCUT2D eigenvalue weighted by Crippen LogP contribution is 2.28. The number of fused-ring (bicyclic) bond motifs is 5. The van der Waals surface area contributed by atoms with E-state index in [4.69, 9.17) is 16.3 Å². The third-order valence-corrected chi connectivity index (χ3v) is 4.58. The Hall–Kier alpha value is -2.86. The van der Waals surface area contributed by atoms with E-state index in [-0.39, 0.29) is 22.7 Å². The van der Waals surface area contributed by atoms with Crippen LogP contribution in [0.25, 0.3) is 27.6 Å². The average molecular weight is 356 g/mol. The standard InChI is InChI=1S/C18H14ClN3O3/c1-3-25-18(24)14-15(23)13-12(8-9-20-16(13)19)22-11-7-5-4-6-10(11)21(2)17(14)22/h4-9H,3H2,1-2H3. The van der Waals surface area contributed by atoms with Gasteiger partial charge in [0.2, 0.25) is 5.43 Å². The number of ether oxygens (including phenoxy) is 1. The topological polar surface area (TPSA) is 65.6 Å². The summed E-state index contributed by atoms with van der Waals surface area (Å²) < 4.78 is 8.80. The number of halogens is 1. The average Bonchev–Trinajstić information content (AvgIpc) is 2.89. The number of para-hydroxylation sites is 2. The predicted octanol–water partition coefficient (Wildman–Crippen LogP) is 3.17. The Morgan fingerprint density at radius 1 is 1.20 bits per heavy atom. The van der Waals surface area contributed by atoms with Gasteiger partial charge in [0, 0.05) is 13.2 Å². The molecule has 0 aliphatic heterocycles. The molecule has 0 spiro atoms. The Kier molecular flexibility index (Phi) is 3.51. The second-order valence-electron chi connectivity index (χ2n) is 5.63. The molecule has 7 heteroatoms. The Labute approximate surface area is 147 Å². The fourth-order valence-corrected chi connectivity index (χ4v) is 3.51. The van der Waals surface area contributed by atoms with E-state index in [1.54, 1.807) is 19.2 Å². The van der Waals surface area contributed by atoms with Crippen molar-refractivity contribution in [1.29, 1.82) is 0 Å². The van der Waals surface area contributed by atoms with Crippen LogP contribution in [0.15, 0.2) is 41.3 Å². The monoisotopic (exact) mass is 355 g/mol. The first-order valence-corrected chi connectivity index (χ1v) is 8.17. The number of benzene rings is 1. The van der Waals surface area contributed by atoms with E-state index in [0.717, 1.165) is 11.0 Å². The van der Waals surface area contributed by atoms with Gasteiger partial charge in [0.1, 0.15) is 16.4 Å². The predicted molar refractivity (Wildman–Crippen MR) is 96.4 cm³/mol. The first kappa shape index (κ1) is 15.7. The molecule has 0 bridgehead atoms. The van der Waals surface area contributed by atoms with Gasteiger partial charge in [-0.2, -0.15) is 0 Å². The van der Waals surface area contributed by atoms with Crippen molar-refractivity contribution in [2.24, 2.45) is 7.05 Å². The van der Waals surface area contributed by atoms with Gasteiger partial charge in [-0.25, -0.2) is 9.78 Å². The lowest BCUT2D eigenvalue weighted by molar-refractivity contribution is 0.0526. The number of aromatic nitrogens is 3. The quantitative estimate of drug-likeness (QED) is 0.409. The summed E-state index contributed by atoms with van der Waals surface area (Å²) >= 11 is 6.19.